The first-order chi connectivity index (χ1) is 13.8. The third-order valence-corrected chi connectivity index (χ3v) is 5.08. The number of hydrogen-bond acceptors (Lipinski definition) is 5. The van der Waals surface area contributed by atoms with E-state index in [9.17, 15) is 4.79 Å². The Bertz CT molecular complexity index is 919. The number of hydrogen-bond donors (Lipinski definition) is 1. The number of ether oxygens (including phenoxy) is 1. The van der Waals surface area contributed by atoms with Crippen molar-refractivity contribution in [2.45, 2.75) is 18.9 Å². The summed E-state index contributed by atoms with van der Waals surface area (Å²) in [6, 6.07) is 14.0. The van der Waals surface area contributed by atoms with Crippen molar-refractivity contribution in [1.82, 2.24) is 20.2 Å². The van der Waals surface area contributed by atoms with Crippen LogP contribution in [0.4, 0.5) is 0 Å². The number of fused-ring (bicyclic) bond motifs is 1. The van der Waals surface area contributed by atoms with Crippen LogP contribution < -0.4 is 10.1 Å². The molecule has 0 unspecified atom stereocenters. The SMILES string of the molecule is O=C(c1cccnc1)N1CCC(NCCOc2cccc3cccnc23)CC1. The van der Waals surface area contributed by atoms with E-state index < -0.39 is 0 Å². The Balaban J connectivity index is 1.21. The Hall–Kier alpha value is -2.99. The van der Waals surface area contributed by atoms with Crippen LogP contribution in [0.25, 0.3) is 10.9 Å². The van der Waals surface area contributed by atoms with Crippen LogP contribution in [0.5, 0.6) is 5.75 Å². The summed E-state index contributed by atoms with van der Waals surface area (Å²) < 4.78 is 5.93. The van der Waals surface area contributed by atoms with Gasteiger partial charge in [0.2, 0.25) is 0 Å². The van der Waals surface area contributed by atoms with E-state index in [4.69, 9.17) is 4.74 Å². The zero-order chi connectivity index (χ0) is 19.2. The molecule has 0 aliphatic carbocycles. The first-order valence-electron chi connectivity index (χ1n) is 9.70. The molecule has 1 aliphatic rings. The van der Waals surface area contributed by atoms with Gasteiger partial charge in [-0.05, 0) is 37.1 Å². The van der Waals surface area contributed by atoms with E-state index in [1.807, 2.05) is 41.3 Å². The molecule has 0 spiro atoms. The lowest BCUT2D eigenvalue weighted by Crippen LogP contribution is -2.45. The monoisotopic (exact) mass is 376 g/mol. The van der Waals surface area contributed by atoms with Gasteiger partial charge in [-0.15, -0.1) is 0 Å². The number of carbonyl (C=O) groups excluding carboxylic acids is 1. The van der Waals surface area contributed by atoms with E-state index in [0.29, 0.717) is 18.2 Å². The molecule has 1 aromatic carbocycles. The zero-order valence-corrected chi connectivity index (χ0v) is 15.8. The fourth-order valence-electron chi connectivity index (χ4n) is 3.58. The molecule has 1 amide bonds. The fourth-order valence-corrected chi connectivity index (χ4v) is 3.58. The Morgan fingerprint density at radius 2 is 1.93 bits per heavy atom. The number of pyridine rings is 2. The van der Waals surface area contributed by atoms with Crippen molar-refractivity contribution in [3.05, 3.63) is 66.6 Å². The van der Waals surface area contributed by atoms with Gasteiger partial charge in [0.05, 0.1) is 5.56 Å². The van der Waals surface area contributed by atoms with Crippen molar-refractivity contribution in [1.29, 1.82) is 0 Å². The minimum atomic E-state index is 0.0679. The topological polar surface area (TPSA) is 67.4 Å². The molecule has 1 N–H and O–H groups in total. The van der Waals surface area contributed by atoms with Gasteiger partial charge in [-0.3, -0.25) is 14.8 Å². The summed E-state index contributed by atoms with van der Waals surface area (Å²) >= 11 is 0. The number of carbonyl (C=O) groups is 1. The quantitative estimate of drug-likeness (QED) is 0.670. The minimum absolute atomic E-state index is 0.0679. The number of benzene rings is 1. The van der Waals surface area contributed by atoms with Crippen LogP contribution in [-0.4, -0.2) is 53.1 Å². The molecule has 1 fully saturated rings. The van der Waals surface area contributed by atoms with E-state index >= 15 is 0 Å². The van der Waals surface area contributed by atoms with Gasteiger partial charge in [0, 0.05) is 49.7 Å². The number of piperidine rings is 1. The lowest BCUT2D eigenvalue weighted by Gasteiger charge is -2.32. The minimum Gasteiger partial charge on any atom is -0.490 e. The maximum atomic E-state index is 12.5. The molecular weight excluding hydrogens is 352 g/mol. The van der Waals surface area contributed by atoms with Crippen molar-refractivity contribution in [2.75, 3.05) is 26.2 Å². The normalized spacial score (nSPS) is 14.9. The van der Waals surface area contributed by atoms with E-state index in [0.717, 1.165) is 49.1 Å². The first kappa shape index (κ1) is 18.4. The lowest BCUT2D eigenvalue weighted by molar-refractivity contribution is 0.0703. The molecule has 3 heterocycles. The van der Waals surface area contributed by atoms with Gasteiger partial charge >= 0.3 is 0 Å². The smallest absolute Gasteiger partial charge is 0.255 e. The van der Waals surface area contributed by atoms with Crippen LogP contribution >= 0.6 is 0 Å². The predicted octanol–water partition coefficient (Wildman–Crippen LogP) is 2.90. The Morgan fingerprint density at radius 3 is 2.75 bits per heavy atom. The molecule has 1 saturated heterocycles. The Morgan fingerprint density at radius 1 is 1.11 bits per heavy atom. The highest BCUT2D eigenvalue weighted by molar-refractivity contribution is 5.93. The van der Waals surface area contributed by atoms with E-state index in [-0.39, 0.29) is 5.91 Å². The molecule has 28 heavy (non-hydrogen) atoms. The number of nitrogens with one attached hydrogen (secondary N) is 1. The highest BCUT2D eigenvalue weighted by Crippen LogP contribution is 2.22. The molecule has 144 valence electrons. The number of rotatable bonds is 6. The van der Waals surface area contributed by atoms with Gasteiger partial charge in [-0.25, -0.2) is 0 Å². The van der Waals surface area contributed by atoms with Crippen molar-refractivity contribution in [2.24, 2.45) is 0 Å². The summed E-state index contributed by atoms with van der Waals surface area (Å²) in [6.07, 6.45) is 6.99. The number of aromatic nitrogens is 2. The second-order valence-corrected chi connectivity index (χ2v) is 6.94. The Kier molecular flexibility index (Phi) is 5.77. The molecule has 2 aromatic heterocycles. The molecule has 6 nitrogen and oxygen atoms in total. The zero-order valence-electron chi connectivity index (χ0n) is 15.8. The van der Waals surface area contributed by atoms with Gasteiger partial charge < -0.3 is 15.0 Å². The molecule has 6 heteroatoms. The molecule has 0 atom stereocenters. The maximum Gasteiger partial charge on any atom is 0.255 e. The summed E-state index contributed by atoms with van der Waals surface area (Å²) in [6.45, 7) is 2.88. The van der Waals surface area contributed by atoms with Gasteiger partial charge in [-0.1, -0.05) is 18.2 Å². The third-order valence-electron chi connectivity index (χ3n) is 5.08. The first-order valence-corrected chi connectivity index (χ1v) is 9.70. The number of nitrogens with zero attached hydrogens (tertiary/aromatic N) is 3. The van der Waals surface area contributed by atoms with Crippen LogP contribution in [0.3, 0.4) is 0 Å². The van der Waals surface area contributed by atoms with Crippen LogP contribution in [0.1, 0.15) is 23.2 Å². The summed E-state index contributed by atoms with van der Waals surface area (Å²) in [7, 11) is 0. The lowest BCUT2D eigenvalue weighted by atomic mass is 10.0. The van der Waals surface area contributed by atoms with Crippen LogP contribution in [0.2, 0.25) is 0 Å². The molecule has 0 radical (unpaired) electrons. The highest BCUT2D eigenvalue weighted by Gasteiger charge is 2.23. The molecular formula is C22H24N4O2. The molecule has 4 rings (SSSR count). The van der Waals surface area contributed by atoms with Crippen LogP contribution in [0.15, 0.2) is 61.1 Å². The third kappa shape index (κ3) is 4.28. The van der Waals surface area contributed by atoms with Gasteiger partial charge in [0.15, 0.2) is 0 Å². The summed E-state index contributed by atoms with van der Waals surface area (Å²) in [5.74, 6) is 0.884. The van der Waals surface area contributed by atoms with Gasteiger partial charge in [0.25, 0.3) is 5.91 Å². The highest BCUT2D eigenvalue weighted by atomic mass is 16.5. The molecule has 0 saturated carbocycles. The van der Waals surface area contributed by atoms with Crippen molar-refractivity contribution in [3.8, 4) is 5.75 Å². The number of para-hydroxylation sites is 1. The number of amides is 1. The van der Waals surface area contributed by atoms with Crippen molar-refractivity contribution < 1.29 is 9.53 Å². The second kappa shape index (κ2) is 8.80. The second-order valence-electron chi connectivity index (χ2n) is 6.94. The standard InChI is InChI=1S/C22H24N4O2/c27-22(18-6-2-10-23-16-18)26-13-8-19(9-14-26)24-12-15-28-20-7-1-4-17-5-3-11-25-21(17)20/h1-7,10-11,16,19,24H,8-9,12-15H2. The summed E-state index contributed by atoms with van der Waals surface area (Å²) in [5, 5.41) is 4.63. The van der Waals surface area contributed by atoms with E-state index in [1.165, 1.54) is 0 Å². The fraction of sp³-hybridized carbons (Fsp3) is 0.318. The molecule has 0 bridgehead atoms. The Labute approximate surface area is 164 Å². The van der Waals surface area contributed by atoms with Gasteiger partial charge in [-0.2, -0.15) is 0 Å². The van der Waals surface area contributed by atoms with E-state index in [2.05, 4.69) is 15.3 Å². The van der Waals surface area contributed by atoms with Crippen molar-refractivity contribution in [3.63, 3.8) is 0 Å². The maximum absolute atomic E-state index is 12.5. The van der Waals surface area contributed by atoms with Crippen LogP contribution in [-0.2, 0) is 0 Å². The van der Waals surface area contributed by atoms with Crippen LogP contribution in [0, 0.1) is 0 Å². The van der Waals surface area contributed by atoms with E-state index in [1.54, 1.807) is 24.7 Å². The average molecular weight is 376 g/mol. The summed E-state index contributed by atoms with van der Waals surface area (Å²) in [5.41, 5.74) is 1.55. The van der Waals surface area contributed by atoms with Crippen molar-refractivity contribution >= 4 is 16.8 Å². The van der Waals surface area contributed by atoms with Gasteiger partial charge in [0.1, 0.15) is 17.9 Å². The number of likely N-dealkylation sites (tertiary alicyclic amines) is 1. The largest absolute Gasteiger partial charge is 0.490 e. The predicted molar refractivity (Wildman–Crippen MR) is 108 cm³/mol. The average Bonchev–Trinajstić information content (AvgIpc) is 2.77. The molecule has 1 aliphatic heterocycles. The summed E-state index contributed by atoms with van der Waals surface area (Å²) in [4.78, 5) is 22.8. The molecule has 3 aromatic rings.